The van der Waals surface area contributed by atoms with Crippen molar-refractivity contribution in [2.45, 2.75) is 26.4 Å². The fourth-order valence-electron chi connectivity index (χ4n) is 2.07. The van der Waals surface area contributed by atoms with E-state index in [4.69, 9.17) is 4.74 Å². The van der Waals surface area contributed by atoms with Gasteiger partial charge in [0.1, 0.15) is 17.7 Å². The molecule has 1 fully saturated rings. The van der Waals surface area contributed by atoms with Crippen LogP contribution in [0.1, 0.15) is 18.9 Å². The average Bonchev–Trinajstić information content (AvgIpc) is 2.25. The second kappa shape index (κ2) is 4.83. The summed E-state index contributed by atoms with van der Waals surface area (Å²) in [5, 5.41) is 3.33. The molecule has 3 heteroatoms. The molecule has 0 saturated carbocycles. The van der Waals surface area contributed by atoms with Crippen molar-refractivity contribution in [1.29, 1.82) is 0 Å². The molecule has 2 rings (SSSR count). The minimum Gasteiger partial charge on any atom is -0.490 e. The largest absolute Gasteiger partial charge is 0.490 e. The number of hydrogen-bond donors (Lipinski definition) is 1. The van der Waals surface area contributed by atoms with Crippen LogP contribution in [0.4, 0.5) is 4.39 Å². The third-order valence-electron chi connectivity index (χ3n) is 3.12. The Balaban J connectivity index is 2.07. The highest BCUT2D eigenvalue weighted by molar-refractivity contribution is 5.32. The topological polar surface area (TPSA) is 21.3 Å². The summed E-state index contributed by atoms with van der Waals surface area (Å²) < 4.78 is 18.9. The van der Waals surface area contributed by atoms with E-state index in [1.54, 1.807) is 6.07 Å². The first kappa shape index (κ1) is 11.4. The van der Waals surface area contributed by atoms with E-state index in [-0.39, 0.29) is 11.9 Å². The number of nitrogens with one attached hydrogen (secondary N) is 1. The molecule has 0 aromatic heterocycles. The monoisotopic (exact) mass is 223 g/mol. The molecule has 0 bridgehead atoms. The molecule has 16 heavy (non-hydrogen) atoms. The summed E-state index contributed by atoms with van der Waals surface area (Å²) in [6.45, 7) is 6.04. The fraction of sp³-hybridized carbons (Fsp3) is 0.538. The van der Waals surface area contributed by atoms with Gasteiger partial charge in [-0.15, -0.1) is 0 Å². The Labute approximate surface area is 95.8 Å². The van der Waals surface area contributed by atoms with Crippen LogP contribution < -0.4 is 10.1 Å². The predicted octanol–water partition coefficient (Wildman–Crippen LogP) is 2.51. The lowest BCUT2D eigenvalue weighted by Crippen LogP contribution is -2.41. The second-order valence-corrected chi connectivity index (χ2v) is 4.54. The Bertz CT molecular complexity index is 367. The highest BCUT2D eigenvalue weighted by atomic mass is 19.1. The fourth-order valence-corrected chi connectivity index (χ4v) is 2.07. The molecule has 1 saturated heterocycles. The second-order valence-electron chi connectivity index (χ2n) is 4.54. The SMILES string of the molecule is Cc1cc(F)ccc1OC1CCNCC1C. The van der Waals surface area contributed by atoms with Crippen LogP contribution in [0.25, 0.3) is 0 Å². The van der Waals surface area contributed by atoms with Gasteiger partial charge in [-0.05, 0) is 43.7 Å². The van der Waals surface area contributed by atoms with Crippen molar-refractivity contribution in [3.8, 4) is 5.75 Å². The van der Waals surface area contributed by atoms with Crippen LogP contribution in [-0.4, -0.2) is 19.2 Å². The summed E-state index contributed by atoms with van der Waals surface area (Å²) in [6, 6.07) is 4.69. The van der Waals surface area contributed by atoms with Crippen molar-refractivity contribution in [2.24, 2.45) is 5.92 Å². The minimum absolute atomic E-state index is 0.205. The van der Waals surface area contributed by atoms with E-state index in [1.165, 1.54) is 12.1 Å². The standard InChI is InChI=1S/C13H18FNO/c1-9-7-11(14)3-4-12(9)16-13-5-6-15-8-10(13)2/h3-4,7,10,13,15H,5-6,8H2,1-2H3. The Morgan fingerprint density at radius 3 is 2.94 bits per heavy atom. The Morgan fingerprint density at radius 2 is 2.25 bits per heavy atom. The molecular weight excluding hydrogens is 205 g/mol. The molecule has 88 valence electrons. The summed E-state index contributed by atoms with van der Waals surface area (Å²) in [7, 11) is 0. The molecule has 1 aromatic carbocycles. The van der Waals surface area contributed by atoms with Crippen molar-refractivity contribution < 1.29 is 9.13 Å². The van der Waals surface area contributed by atoms with Crippen LogP contribution >= 0.6 is 0 Å². The van der Waals surface area contributed by atoms with Crippen molar-refractivity contribution in [3.05, 3.63) is 29.6 Å². The molecule has 2 atom stereocenters. The molecule has 0 aliphatic carbocycles. The van der Waals surface area contributed by atoms with Crippen LogP contribution in [-0.2, 0) is 0 Å². The van der Waals surface area contributed by atoms with Crippen molar-refractivity contribution in [1.82, 2.24) is 5.32 Å². The maximum Gasteiger partial charge on any atom is 0.123 e. The number of piperidine rings is 1. The molecule has 2 unspecified atom stereocenters. The Morgan fingerprint density at radius 1 is 1.44 bits per heavy atom. The lowest BCUT2D eigenvalue weighted by atomic mass is 9.98. The van der Waals surface area contributed by atoms with Crippen molar-refractivity contribution in [2.75, 3.05) is 13.1 Å². The van der Waals surface area contributed by atoms with E-state index in [9.17, 15) is 4.39 Å². The van der Waals surface area contributed by atoms with Crippen molar-refractivity contribution in [3.63, 3.8) is 0 Å². The van der Waals surface area contributed by atoms with E-state index >= 15 is 0 Å². The van der Waals surface area contributed by atoms with Crippen LogP contribution in [0.3, 0.4) is 0 Å². The molecule has 1 aliphatic heterocycles. The van der Waals surface area contributed by atoms with Gasteiger partial charge in [0.2, 0.25) is 0 Å². The zero-order valence-corrected chi connectivity index (χ0v) is 9.79. The van der Waals surface area contributed by atoms with Crippen LogP contribution in [0, 0.1) is 18.7 Å². The quantitative estimate of drug-likeness (QED) is 0.831. The van der Waals surface area contributed by atoms with Gasteiger partial charge >= 0.3 is 0 Å². The lowest BCUT2D eigenvalue weighted by Gasteiger charge is -2.30. The van der Waals surface area contributed by atoms with Gasteiger partial charge in [0.15, 0.2) is 0 Å². The lowest BCUT2D eigenvalue weighted by molar-refractivity contribution is 0.111. The molecule has 1 aliphatic rings. The van der Waals surface area contributed by atoms with E-state index < -0.39 is 0 Å². The highest BCUT2D eigenvalue weighted by Crippen LogP contribution is 2.23. The molecule has 2 nitrogen and oxygen atoms in total. The van der Waals surface area contributed by atoms with Gasteiger partial charge in [-0.2, -0.15) is 0 Å². The molecule has 1 heterocycles. The zero-order chi connectivity index (χ0) is 11.5. The van der Waals surface area contributed by atoms with Crippen LogP contribution in [0.2, 0.25) is 0 Å². The zero-order valence-electron chi connectivity index (χ0n) is 9.79. The Hall–Kier alpha value is -1.09. The van der Waals surface area contributed by atoms with Gasteiger partial charge in [0.05, 0.1) is 0 Å². The van der Waals surface area contributed by atoms with Crippen LogP contribution in [0.15, 0.2) is 18.2 Å². The third kappa shape index (κ3) is 2.53. The summed E-state index contributed by atoms with van der Waals surface area (Å²) in [5.74, 6) is 1.10. The maximum absolute atomic E-state index is 12.9. The summed E-state index contributed by atoms with van der Waals surface area (Å²) in [6.07, 6.45) is 1.25. The van der Waals surface area contributed by atoms with E-state index in [0.717, 1.165) is 30.8 Å². The first-order valence-corrected chi connectivity index (χ1v) is 5.80. The molecule has 1 N–H and O–H groups in total. The van der Waals surface area contributed by atoms with E-state index in [1.807, 2.05) is 6.92 Å². The smallest absolute Gasteiger partial charge is 0.123 e. The first-order valence-electron chi connectivity index (χ1n) is 5.80. The summed E-state index contributed by atoms with van der Waals surface area (Å²) in [5.41, 5.74) is 0.866. The number of hydrogen-bond acceptors (Lipinski definition) is 2. The van der Waals surface area contributed by atoms with Gasteiger partial charge < -0.3 is 10.1 Å². The number of aryl methyl sites for hydroxylation is 1. The number of benzene rings is 1. The number of rotatable bonds is 2. The van der Waals surface area contributed by atoms with E-state index in [0.29, 0.717) is 5.92 Å². The molecular formula is C13H18FNO. The van der Waals surface area contributed by atoms with Crippen molar-refractivity contribution >= 4 is 0 Å². The maximum atomic E-state index is 12.9. The van der Waals surface area contributed by atoms with Gasteiger partial charge in [-0.1, -0.05) is 6.92 Å². The first-order chi connectivity index (χ1) is 7.66. The minimum atomic E-state index is -0.205. The summed E-state index contributed by atoms with van der Waals surface area (Å²) >= 11 is 0. The number of ether oxygens (including phenoxy) is 1. The Kier molecular flexibility index (Phi) is 3.44. The van der Waals surface area contributed by atoms with Gasteiger partial charge in [-0.3, -0.25) is 0 Å². The van der Waals surface area contributed by atoms with Gasteiger partial charge in [0, 0.05) is 12.5 Å². The van der Waals surface area contributed by atoms with Crippen LogP contribution in [0.5, 0.6) is 5.75 Å². The molecule has 0 radical (unpaired) electrons. The normalized spacial score (nSPS) is 25.4. The molecule has 1 aromatic rings. The molecule has 0 spiro atoms. The highest BCUT2D eigenvalue weighted by Gasteiger charge is 2.23. The van der Waals surface area contributed by atoms with Gasteiger partial charge in [-0.25, -0.2) is 4.39 Å². The summed E-state index contributed by atoms with van der Waals surface area (Å²) in [4.78, 5) is 0. The third-order valence-corrected chi connectivity index (χ3v) is 3.12. The molecule has 0 amide bonds. The average molecular weight is 223 g/mol. The van der Waals surface area contributed by atoms with Gasteiger partial charge in [0.25, 0.3) is 0 Å². The predicted molar refractivity (Wildman–Crippen MR) is 62.2 cm³/mol. The number of halogens is 1. The van der Waals surface area contributed by atoms with E-state index in [2.05, 4.69) is 12.2 Å².